The van der Waals surface area contributed by atoms with Gasteiger partial charge in [0.05, 0.1) is 12.7 Å². The zero-order valence-corrected chi connectivity index (χ0v) is 7.97. The number of hydrogen-bond donors (Lipinski definition) is 1. The van der Waals surface area contributed by atoms with Gasteiger partial charge in [0.1, 0.15) is 11.2 Å². The second kappa shape index (κ2) is 3.18. The lowest BCUT2D eigenvalue weighted by Crippen LogP contribution is -2.09. The fourth-order valence-corrected chi connectivity index (χ4v) is 2.29. The standard InChI is InChI=1S/C8H9N3OS/c1-6-7(2-10-5-12)13-8-3-9-4-11(6)8/h3-5H,2H2,1H3,(H,10,12). The maximum Gasteiger partial charge on any atom is 0.207 e. The fraction of sp³-hybridized carbons (Fsp3) is 0.250. The van der Waals surface area contributed by atoms with E-state index in [1.165, 1.54) is 4.88 Å². The first-order chi connectivity index (χ1) is 6.33. The molecule has 0 aliphatic carbocycles. The summed E-state index contributed by atoms with van der Waals surface area (Å²) < 4.78 is 2.02. The maximum absolute atomic E-state index is 10.1. The Kier molecular flexibility index (Phi) is 2.02. The van der Waals surface area contributed by atoms with E-state index in [-0.39, 0.29) is 0 Å². The molecule has 1 amide bonds. The van der Waals surface area contributed by atoms with Crippen molar-refractivity contribution in [1.29, 1.82) is 0 Å². The molecule has 5 heteroatoms. The minimum atomic E-state index is 0.599. The summed E-state index contributed by atoms with van der Waals surface area (Å²) in [7, 11) is 0. The summed E-state index contributed by atoms with van der Waals surface area (Å²) in [5, 5.41) is 2.65. The summed E-state index contributed by atoms with van der Waals surface area (Å²) in [5.41, 5.74) is 1.15. The number of carbonyl (C=O) groups is 1. The Hall–Kier alpha value is -1.36. The number of carbonyl (C=O) groups excluding carboxylic acids is 1. The fourth-order valence-electron chi connectivity index (χ4n) is 1.24. The normalized spacial score (nSPS) is 10.5. The van der Waals surface area contributed by atoms with Gasteiger partial charge in [0, 0.05) is 10.6 Å². The van der Waals surface area contributed by atoms with Gasteiger partial charge in [-0.2, -0.15) is 0 Å². The van der Waals surface area contributed by atoms with E-state index < -0.39 is 0 Å². The van der Waals surface area contributed by atoms with Gasteiger partial charge >= 0.3 is 0 Å². The molecule has 0 aliphatic heterocycles. The van der Waals surface area contributed by atoms with Crippen LogP contribution in [-0.4, -0.2) is 15.8 Å². The maximum atomic E-state index is 10.1. The Morgan fingerprint density at radius 1 is 1.77 bits per heavy atom. The lowest BCUT2D eigenvalue weighted by atomic mass is 10.4. The number of rotatable bonds is 3. The molecule has 13 heavy (non-hydrogen) atoms. The highest BCUT2D eigenvalue weighted by Crippen LogP contribution is 2.21. The van der Waals surface area contributed by atoms with E-state index >= 15 is 0 Å². The number of nitrogens with one attached hydrogen (secondary N) is 1. The zero-order chi connectivity index (χ0) is 9.26. The predicted octanol–water partition coefficient (Wildman–Crippen LogP) is 0.950. The highest BCUT2D eigenvalue weighted by molar-refractivity contribution is 7.17. The molecule has 1 N–H and O–H groups in total. The summed E-state index contributed by atoms with van der Waals surface area (Å²) in [6, 6.07) is 0. The molecule has 4 nitrogen and oxygen atoms in total. The van der Waals surface area contributed by atoms with Crippen molar-refractivity contribution < 1.29 is 4.79 Å². The molecule has 2 rings (SSSR count). The highest BCUT2D eigenvalue weighted by atomic mass is 32.1. The van der Waals surface area contributed by atoms with E-state index in [0.29, 0.717) is 13.0 Å². The summed E-state index contributed by atoms with van der Waals surface area (Å²) in [4.78, 5) is 16.4. The second-order valence-corrected chi connectivity index (χ2v) is 3.83. The van der Waals surface area contributed by atoms with Gasteiger partial charge < -0.3 is 5.32 Å². The van der Waals surface area contributed by atoms with Crippen LogP contribution in [0.4, 0.5) is 0 Å². The smallest absolute Gasteiger partial charge is 0.207 e. The minimum absolute atomic E-state index is 0.599. The van der Waals surface area contributed by atoms with Gasteiger partial charge in [0.25, 0.3) is 0 Å². The molecular formula is C8H9N3OS. The molecule has 0 saturated carbocycles. The third kappa shape index (κ3) is 1.31. The van der Waals surface area contributed by atoms with E-state index in [1.807, 2.05) is 17.5 Å². The lowest BCUT2D eigenvalue weighted by molar-refractivity contribution is -0.109. The molecule has 0 spiro atoms. The first kappa shape index (κ1) is 8.25. The van der Waals surface area contributed by atoms with Crippen molar-refractivity contribution >= 4 is 22.6 Å². The Morgan fingerprint density at radius 2 is 2.62 bits per heavy atom. The van der Waals surface area contributed by atoms with Gasteiger partial charge in [-0.1, -0.05) is 0 Å². The van der Waals surface area contributed by atoms with Crippen LogP contribution in [0.1, 0.15) is 10.6 Å². The number of nitrogens with zero attached hydrogens (tertiary/aromatic N) is 2. The van der Waals surface area contributed by atoms with Crippen LogP contribution in [0.2, 0.25) is 0 Å². The second-order valence-electron chi connectivity index (χ2n) is 2.71. The molecule has 0 unspecified atom stereocenters. The van der Waals surface area contributed by atoms with Crippen LogP contribution in [-0.2, 0) is 11.3 Å². The van der Waals surface area contributed by atoms with Gasteiger partial charge in [0.15, 0.2) is 0 Å². The average Bonchev–Trinajstić information content (AvgIpc) is 2.67. The number of amides is 1. The topological polar surface area (TPSA) is 46.4 Å². The van der Waals surface area contributed by atoms with E-state index in [4.69, 9.17) is 0 Å². The van der Waals surface area contributed by atoms with Crippen LogP contribution in [0.15, 0.2) is 12.5 Å². The Morgan fingerprint density at radius 3 is 3.31 bits per heavy atom. The van der Waals surface area contributed by atoms with E-state index in [0.717, 1.165) is 10.5 Å². The summed E-state index contributed by atoms with van der Waals surface area (Å²) in [5.74, 6) is 0. The number of hydrogen-bond acceptors (Lipinski definition) is 3. The number of aryl methyl sites for hydroxylation is 1. The molecule has 68 valence electrons. The van der Waals surface area contributed by atoms with Gasteiger partial charge in [-0.05, 0) is 6.92 Å². The molecule has 0 radical (unpaired) electrons. The third-order valence-corrected chi connectivity index (χ3v) is 3.14. The van der Waals surface area contributed by atoms with Crippen molar-refractivity contribution in [3.05, 3.63) is 23.1 Å². The zero-order valence-electron chi connectivity index (χ0n) is 7.15. The van der Waals surface area contributed by atoms with Gasteiger partial charge in [-0.15, -0.1) is 11.3 Å². The third-order valence-electron chi connectivity index (χ3n) is 1.94. The molecule has 0 bridgehead atoms. The Bertz CT molecular complexity index is 431. The van der Waals surface area contributed by atoms with Crippen molar-refractivity contribution in [2.45, 2.75) is 13.5 Å². The Balaban J connectivity index is 2.39. The van der Waals surface area contributed by atoms with Crippen LogP contribution in [0.3, 0.4) is 0 Å². The van der Waals surface area contributed by atoms with Gasteiger partial charge in [-0.3, -0.25) is 9.20 Å². The predicted molar refractivity (Wildman–Crippen MR) is 50.7 cm³/mol. The van der Waals surface area contributed by atoms with Crippen molar-refractivity contribution in [3.8, 4) is 0 Å². The Labute approximate surface area is 79.2 Å². The molecule has 0 saturated heterocycles. The van der Waals surface area contributed by atoms with Crippen LogP contribution in [0, 0.1) is 6.92 Å². The van der Waals surface area contributed by atoms with Gasteiger partial charge in [-0.25, -0.2) is 4.98 Å². The SMILES string of the molecule is Cc1c(CNC=O)sc2cncn12. The summed E-state index contributed by atoms with van der Waals surface area (Å²) in [6.45, 7) is 2.62. The molecular weight excluding hydrogens is 186 g/mol. The number of aromatic nitrogens is 2. The van der Waals surface area contributed by atoms with E-state index in [2.05, 4.69) is 10.3 Å². The van der Waals surface area contributed by atoms with Gasteiger partial charge in [0.2, 0.25) is 6.41 Å². The summed E-state index contributed by atoms with van der Waals surface area (Å²) in [6.07, 6.45) is 4.32. The molecule has 2 heterocycles. The minimum Gasteiger partial charge on any atom is -0.354 e. The van der Waals surface area contributed by atoms with Crippen molar-refractivity contribution in [2.75, 3.05) is 0 Å². The van der Waals surface area contributed by atoms with E-state index in [9.17, 15) is 4.79 Å². The molecule has 2 aromatic rings. The quantitative estimate of drug-likeness (QED) is 0.741. The van der Waals surface area contributed by atoms with Crippen LogP contribution < -0.4 is 5.32 Å². The largest absolute Gasteiger partial charge is 0.354 e. The van der Waals surface area contributed by atoms with E-state index in [1.54, 1.807) is 17.7 Å². The number of fused-ring (bicyclic) bond motifs is 1. The van der Waals surface area contributed by atoms with Crippen molar-refractivity contribution in [2.24, 2.45) is 0 Å². The van der Waals surface area contributed by atoms with Crippen molar-refractivity contribution in [1.82, 2.24) is 14.7 Å². The first-order valence-electron chi connectivity index (χ1n) is 3.90. The summed E-state index contributed by atoms with van der Waals surface area (Å²) >= 11 is 1.65. The number of thiazole rings is 1. The average molecular weight is 195 g/mol. The molecule has 0 aromatic carbocycles. The van der Waals surface area contributed by atoms with Crippen LogP contribution in [0.25, 0.3) is 4.83 Å². The molecule has 0 fully saturated rings. The van der Waals surface area contributed by atoms with Crippen LogP contribution in [0.5, 0.6) is 0 Å². The van der Waals surface area contributed by atoms with Crippen LogP contribution >= 0.6 is 11.3 Å². The highest BCUT2D eigenvalue weighted by Gasteiger charge is 2.06. The van der Waals surface area contributed by atoms with Crippen molar-refractivity contribution in [3.63, 3.8) is 0 Å². The molecule has 2 aromatic heterocycles. The number of imidazole rings is 1. The molecule has 0 atom stereocenters. The lowest BCUT2D eigenvalue weighted by Gasteiger charge is -1.96. The molecule has 0 aliphatic rings. The monoisotopic (exact) mass is 195 g/mol. The first-order valence-corrected chi connectivity index (χ1v) is 4.72.